The van der Waals surface area contributed by atoms with Crippen LogP contribution in [0.25, 0.3) is 21.1 Å². The molecule has 3 aromatic rings. The second kappa shape index (κ2) is 6.94. The number of hydrogen-bond acceptors (Lipinski definition) is 8. The molecule has 4 heterocycles. The highest BCUT2D eigenvalue weighted by molar-refractivity contribution is 7.18. The molecule has 4 rings (SSSR count). The number of aromatic nitrogens is 4. The SMILES string of the molecule is CCO/N=C1\CCOc2ncc(-c3cnc(-c4cccnc4)s3)nc21. The monoisotopic (exact) mass is 353 g/mol. The third-order valence-corrected chi connectivity index (χ3v) is 4.63. The molecule has 0 unspecified atom stereocenters. The average molecular weight is 353 g/mol. The molecule has 0 fully saturated rings. The lowest BCUT2D eigenvalue weighted by molar-refractivity contribution is 0.156. The molecule has 0 bridgehead atoms. The summed E-state index contributed by atoms with van der Waals surface area (Å²) >= 11 is 1.54. The first-order valence-electron chi connectivity index (χ1n) is 7.91. The van der Waals surface area contributed by atoms with Gasteiger partial charge in [0.05, 0.1) is 17.7 Å². The molecule has 0 saturated carbocycles. The number of oxime groups is 1. The number of nitrogens with zero attached hydrogens (tertiary/aromatic N) is 5. The van der Waals surface area contributed by atoms with Crippen molar-refractivity contribution in [2.45, 2.75) is 13.3 Å². The summed E-state index contributed by atoms with van der Waals surface area (Å²) in [6, 6.07) is 3.87. The smallest absolute Gasteiger partial charge is 0.242 e. The fraction of sp³-hybridized carbons (Fsp3) is 0.235. The van der Waals surface area contributed by atoms with Crippen LogP contribution in [0.5, 0.6) is 5.88 Å². The summed E-state index contributed by atoms with van der Waals surface area (Å²) in [7, 11) is 0. The summed E-state index contributed by atoms with van der Waals surface area (Å²) in [5.74, 6) is 0.491. The van der Waals surface area contributed by atoms with Gasteiger partial charge in [0.1, 0.15) is 23.0 Å². The van der Waals surface area contributed by atoms with Gasteiger partial charge >= 0.3 is 0 Å². The van der Waals surface area contributed by atoms with Gasteiger partial charge in [-0.2, -0.15) is 0 Å². The van der Waals surface area contributed by atoms with Gasteiger partial charge in [0, 0.05) is 30.6 Å². The number of thiazole rings is 1. The maximum absolute atomic E-state index is 5.57. The minimum atomic E-state index is 0.491. The molecule has 126 valence electrons. The summed E-state index contributed by atoms with van der Waals surface area (Å²) in [5, 5.41) is 5.04. The van der Waals surface area contributed by atoms with Crippen LogP contribution in [0.2, 0.25) is 0 Å². The minimum Gasteiger partial charge on any atom is -0.476 e. The first-order chi connectivity index (χ1) is 12.3. The molecule has 7 nitrogen and oxygen atoms in total. The maximum atomic E-state index is 5.57. The van der Waals surface area contributed by atoms with Crippen LogP contribution in [0.3, 0.4) is 0 Å². The molecule has 25 heavy (non-hydrogen) atoms. The number of fused-ring (bicyclic) bond motifs is 1. The largest absolute Gasteiger partial charge is 0.476 e. The number of pyridine rings is 1. The Balaban J connectivity index is 1.69. The summed E-state index contributed by atoms with van der Waals surface area (Å²) in [6.07, 6.45) is 7.68. The molecule has 0 amide bonds. The highest BCUT2D eigenvalue weighted by Crippen LogP contribution is 2.32. The van der Waals surface area contributed by atoms with E-state index in [1.54, 1.807) is 36.1 Å². The van der Waals surface area contributed by atoms with Crippen LogP contribution in [0.1, 0.15) is 19.0 Å². The Morgan fingerprint density at radius 2 is 2.24 bits per heavy atom. The Morgan fingerprint density at radius 1 is 1.28 bits per heavy atom. The lowest BCUT2D eigenvalue weighted by Gasteiger charge is -2.16. The summed E-state index contributed by atoms with van der Waals surface area (Å²) in [5.41, 5.74) is 3.11. The van der Waals surface area contributed by atoms with E-state index in [1.807, 2.05) is 19.1 Å². The predicted octanol–water partition coefficient (Wildman–Crippen LogP) is 3.19. The van der Waals surface area contributed by atoms with Crippen molar-refractivity contribution in [3.05, 3.63) is 42.6 Å². The van der Waals surface area contributed by atoms with Crippen molar-refractivity contribution in [1.82, 2.24) is 19.9 Å². The van der Waals surface area contributed by atoms with E-state index in [9.17, 15) is 0 Å². The Labute approximate surface area is 148 Å². The lowest BCUT2D eigenvalue weighted by atomic mass is 10.1. The van der Waals surface area contributed by atoms with Crippen molar-refractivity contribution in [3.8, 4) is 27.0 Å². The lowest BCUT2D eigenvalue weighted by Crippen LogP contribution is -2.19. The van der Waals surface area contributed by atoms with Gasteiger partial charge in [-0.05, 0) is 19.1 Å². The summed E-state index contributed by atoms with van der Waals surface area (Å²) < 4.78 is 5.57. The van der Waals surface area contributed by atoms with Gasteiger partial charge in [0.15, 0.2) is 5.69 Å². The molecule has 3 aromatic heterocycles. The fourth-order valence-electron chi connectivity index (χ4n) is 2.40. The van der Waals surface area contributed by atoms with Crippen LogP contribution < -0.4 is 4.74 Å². The Kier molecular flexibility index (Phi) is 4.34. The Bertz CT molecular complexity index is 910. The van der Waals surface area contributed by atoms with E-state index in [-0.39, 0.29) is 0 Å². The molecular formula is C17H15N5O2S. The minimum absolute atomic E-state index is 0.491. The molecule has 1 aliphatic rings. The molecule has 1 aliphatic heterocycles. The highest BCUT2D eigenvalue weighted by atomic mass is 32.1. The third kappa shape index (κ3) is 3.20. The van der Waals surface area contributed by atoms with Gasteiger partial charge in [-0.25, -0.2) is 15.0 Å². The predicted molar refractivity (Wildman–Crippen MR) is 94.6 cm³/mol. The molecular weight excluding hydrogens is 338 g/mol. The summed E-state index contributed by atoms with van der Waals surface area (Å²) in [4.78, 5) is 23.8. The topological polar surface area (TPSA) is 82.4 Å². The second-order valence-corrected chi connectivity index (χ2v) is 6.27. The molecule has 0 atom stereocenters. The third-order valence-electron chi connectivity index (χ3n) is 3.56. The van der Waals surface area contributed by atoms with Gasteiger partial charge in [-0.1, -0.05) is 5.16 Å². The van der Waals surface area contributed by atoms with Gasteiger partial charge in [-0.15, -0.1) is 11.3 Å². The first kappa shape index (κ1) is 15.6. The van der Waals surface area contributed by atoms with Crippen molar-refractivity contribution in [2.75, 3.05) is 13.2 Å². The van der Waals surface area contributed by atoms with Gasteiger partial charge in [-0.3, -0.25) is 4.98 Å². The highest BCUT2D eigenvalue weighted by Gasteiger charge is 2.22. The maximum Gasteiger partial charge on any atom is 0.242 e. The Hall–Kier alpha value is -2.87. The van der Waals surface area contributed by atoms with Gasteiger partial charge in [0.2, 0.25) is 5.88 Å². The first-order valence-corrected chi connectivity index (χ1v) is 8.72. The van der Waals surface area contributed by atoms with Crippen molar-refractivity contribution >= 4 is 17.0 Å². The van der Waals surface area contributed by atoms with Crippen molar-refractivity contribution in [2.24, 2.45) is 5.16 Å². The molecule has 0 aliphatic carbocycles. The number of rotatable bonds is 4. The van der Waals surface area contributed by atoms with Crippen LogP contribution in [-0.2, 0) is 4.84 Å². The average Bonchev–Trinajstić information content (AvgIpc) is 3.17. The molecule has 0 radical (unpaired) electrons. The Morgan fingerprint density at radius 3 is 3.08 bits per heavy atom. The van der Waals surface area contributed by atoms with E-state index in [1.165, 1.54) is 0 Å². The van der Waals surface area contributed by atoms with E-state index in [0.29, 0.717) is 31.2 Å². The van der Waals surface area contributed by atoms with E-state index < -0.39 is 0 Å². The van der Waals surface area contributed by atoms with E-state index in [0.717, 1.165) is 26.9 Å². The van der Waals surface area contributed by atoms with Crippen LogP contribution >= 0.6 is 11.3 Å². The van der Waals surface area contributed by atoms with Crippen molar-refractivity contribution < 1.29 is 9.57 Å². The molecule has 8 heteroatoms. The zero-order valence-electron chi connectivity index (χ0n) is 13.5. The van der Waals surface area contributed by atoms with Crippen LogP contribution in [0.15, 0.2) is 42.1 Å². The standard InChI is InChI=1S/C17H15N5O2S/c1-2-24-22-12-5-7-23-16-15(12)21-13(9-19-16)14-10-20-17(25-14)11-4-3-6-18-8-11/h3-4,6,8-10H,2,5,7H2,1H3/b22-12+. The van der Waals surface area contributed by atoms with Crippen molar-refractivity contribution in [1.29, 1.82) is 0 Å². The summed E-state index contributed by atoms with van der Waals surface area (Å²) in [6.45, 7) is 2.93. The van der Waals surface area contributed by atoms with E-state index >= 15 is 0 Å². The second-order valence-electron chi connectivity index (χ2n) is 5.23. The number of ether oxygens (including phenoxy) is 1. The fourth-order valence-corrected chi connectivity index (χ4v) is 3.26. The zero-order valence-corrected chi connectivity index (χ0v) is 14.4. The van der Waals surface area contributed by atoms with E-state index in [4.69, 9.17) is 9.57 Å². The molecule has 0 N–H and O–H groups in total. The number of hydrogen-bond donors (Lipinski definition) is 0. The molecule has 0 aromatic carbocycles. The van der Waals surface area contributed by atoms with E-state index in [2.05, 4.69) is 25.1 Å². The normalized spacial score (nSPS) is 14.8. The van der Waals surface area contributed by atoms with Gasteiger partial charge in [0.25, 0.3) is 0 Å². The molecule has 0 saturated heterocycles. The van der Waals surface area contributed by atoms with Crippen LogP contribution in [0.4, 0.5) is 0 Å². The zero-order chi connectivity index (χ0) is 17.1. The quantitative estimate of drug-likeness (QED) is 0.670. The molecule has 0 spiro atoms. The van der Waals surface area contributed by atoms with Crippen LogP contribution in [-0.4, -0.2) is 38.9 Å². The van der Waals surface area contributed by atoms with Gasteiger partial charge < -0.3 is 9.57 Å². The van der Waals surface area contributed by atoms with Crippen molar-refractivity contribution in [3.63, 3.8) is 0 Å². The van der Waals surface area contributed by atoms with Crippen LogP contribution in [0, 0.1) is 0 Å².